The lowest BCUT2D eigenvalue weighted by Crippen LogP contribution is -2.22. The monoisotopic (exact) mass is 249 g/mol. The number of rotatable bonds is 5. The molecule has 2 rings (SSSR count). The van der Waals surface area contributed by atoms with Crippen molar-refractivity contribution >= 4 is 11.3 Å². The van der Waals surface area contributed by atoms with E-state index in [0.29, 0.717) is 6.54 Å². The summed E-state index contributed by atoms with van der Waals surface area (Å²) in [6, 6.07) is 5.82. The number of hydrogen-bond acceptors (Lipinski definition) is 4. The summed E-state index contributed by atoms with van der Waals surface area (Å²) in [5, 5.41) is 11.8. The van der Waals surface area contributed by atoms with Crippen LogP contribution >= 0.6 is 11.3 Å². The van der Waals surface area contributed by atoms with E-state index in [1.165, 1.54) is 0 Å². The molecule has 0 amide bonds. The molecule has 2 heterocycles. The highest BCUT2D eigenvalue weighted by molar-refractivity contribution is 7.13. The van der Waals surface area contributed by atoms with E-state index in [1.54, 1.807) is 11.3 Å². The van der Waals surface area contributed by atoms with E-state index >= 15 is 0 Å². The van der Waals surface area contributed by atoms with Crippen molar-refractivity contribution in [3.63, 3.8) is 0 Å². The molecule has 4 nitrogen and oxygen atoms in total. The van der Waals surface area contributed by atoms with Crippen molar-refractivity contribution in [3.8, 4) is 10.6 Å². The molecule has 90 valence electrons. The lowest BCUT2D eigenvalue weighted by atomic mass is 10.2. The first-order valence-electron chi connectivity index (χ1n) is 5.64. The zero-order valence-corrected chi connectivity index (χ0v) is 10.5. The molecule has 0 fully saturated rings. The maximum atomic E-state index is 11.6. The van der Waals surface area contributed by atoms with E-state index in [-0.39, 0.29) is 5.56 Å². The number of nitrogens with one attached hydrogen (secondary N) is 2. The molecule has 0 aromatic carbocycles. The molecule has 0 radical (unpaired) electrons. The standard InChI is InChI=1S/C12H15N3OS/c1-2-5-13-8-9-7-10(14-15-12(9)16)11-4-3-6-17-11/h3-4,6-7,13H,2,5,8H2,1H3,(H,15,16). The van der Waals surface area contributed by atoms with E-state index in [2.05, 4.69) is 22.4 Å². The van der Waals surface area contributed by atoms with Gasteiger partial charge in [0.15, 0.2) is 0 Å². The summed E-state index contributed by atoms with van der Waals surface area (Å²) in [4.78, 5) is 12.6. The molecule has 2 aromatic rings. The maximum Gasteiger partial charge on any atom is 0.268 e. The first-order chi connectivity index (χ1) is 8.31. The SMILES string of the molecule is CCCNCc1cc(-c2cccs2)n[nH]c1=O. The Morgan fingerprint density at radius 1 is 1.53 bits per heavy atom. The highest BCUT2D eigenvalue weighted by Crippen LogP contribution is 2.21. The van der Waals surface area contributed by atoms with E-state index in [0.717, 1.165) is 29.1 Å². The molecule has 0 bridgehead atoms. The maximum absolute atomic E-state index is 11.6. The van der Waals surface area contributed by atoms with Gasteiger partial charge in [0.05, 0.1) is 4.88 Å². The lowest BCUT2D eigenvalue weighted by molar-refractivity contribution is 0.668. The topological polar surface area (TPSA) is 57.8 Å². The van der Waals surface area contributed by atoms with Gasteiger partial charge in [0.1, 0.15) is 5.69 Å². The smallest absolute Gasteiger partial charge is 0.268 e. The Hall–Kier alpha value is -1.46. The third kappa shape index (κ3) is 3.01. The molecule has 5 heteroatoms. The minimum atomic E-state index is -0.117. The van der Waals surface area contributed by atoms with Gasteiger partial charge in [-0.1, -0.05) is 13.0 Å². The molecule has 0 aliphatic rings. The van der Waals surface area contributed by atoms with Crippen LogP contribution in [-0.4, -0.2) is 16.7 Å². The fraction of sp³-hybridized carbons (Fsp3) is 0.333. The quantitative estimate of drug-likeness (QED) is 0.797. The number of aromatic amines is 1. The Kier molecular flexibility index (Phi) is 4.06. The van der Waals surface area contributed by atoms with E-state index in [1.807, 2.05) is 23.6 Å². The van der Waals surface area contributed by atoms with Gasteiger partial charge in [-0.05, 0) is 30.5 Å². The number of hydrogen-bond donors (Lipinski definition) is 2. The van der Waals surface area contributed by atoms with Crippen LogP contribution in [0.2, 0.25) is 0 Å². The summed E-state index contributed by atoms with van der Waals surface area (Å²) in [5.74, 6) is 0. The van der Waals surface area contributed by atoms with Gasteiger partial charge in [0, 0.05) is 12.1 Å². The van der Waals surface area contributed by atoms with Gasteiger partial charge < -0.3 is 5.32 Å². The zero-order valence-electron chi connectivity index (χ0n) is 9.69. The van der Waals surface area contributed by atoms with Crippen LogP contribution in [0, 0.1) is 0 Å². The van der Waals surface area contributed by atoms with Crippen LogP contribution in [0.1, 0.15) is 18.9 Å². The second-order valence-corrected chi connectivity index (χ2v) is 4.71. The van der Waals surface area contributed by atoms with Crippen LogP contribution in [0.15, 0.2) is 28.4 Å². The van der Waals surface area contributed by atoms with Gasteiger partial charge in [-0.2, -0.15) is 5.10 Å². The molecule has 0 aliphatic heterocycles. The van der Waals surface area contributed by atoms with Gasteiger partial charge in [0.25, 0.3) is 5.56 Å². The molecule has 2 aromatic heterocycles. The van der Waals surface area contributed by atoms with Crippen LogP contribution in [0.3, 0.4) is 0 Å². The van der Waals surface area contributed by atoms with Gasteiger partial charge in [-0.25, -0.2) is 5.10 Å². The molecular formula is C12H15N3OS. The van der Waals surface area contributed by atoms with Crippen molar-refractivity contribution in [1.82, 2.24) is 15.5 Å². The minimum Gasteiger partial charge on any atom is -0.312 e. The van der Waals surface area contributed by atoms with E-state index < -0.39 is 0 Å². The van der Waals surface area contributed by atoms with Crippen LogP contribution in [-0.2, 0) is 6.54 Å². The summed E-state index contributed by atoms with van der Waals surface area (Å²) in [5.41, 5.74) is 1.44. The third-order valence-corrected chi connectivity index (χ3v) is 3.29. The van der Waals surface area contributed by atoms with Crippen LogP contribution in [0.25, 0.3) is 10.6 Å². The Balaban J connectivity index is 2.21. The number of H-pyrrole nitrogens is 1. The van der Waals surface area contributed by atoms with Crippen molar-refractivity contribution in [2.75, 3.05) is 6.54 Å². The predicted molar refractivity (Wildman–Crippen MR) is 70.2 cm³/mol. The first kappa shape index (κ1) is 12.0. The van der Waals surface area contributed by atoms with Crippen molar-refractivity contribution in [2.45, 2.75) is 19.9 Å². The van der Waals surface area contributed by atoms with E-state index in [4.69, 9.17) is 0 Å². The first-order valence-corrected chi connectivity index (χ1v) is 6.52. The minimum absolute atomic E-state index is 0.117. The predicted octanol–water partition coefficient (Wildman–Crippen LogP) is 2.00. The van der Waals surface area contributed by atoms with Crippen LogP contribution in [0.4, 0.5) is 0 Å². The molecule has 0 atom stereocenters. The molecule has 0 spiro atoms. The van der Waals surface area contributed by atoms with Gasteiger partial charge in [0.2, 0.25) is 0 Å². The molecule has 0 unspecified atom stereocenters. The Morgan fingerprint density at radius 3 is 3.12 bits per heavy atom. The fourth-order valence-corrected chi connectivity index (χ4v) is 2.21. The van der Waals surface area contributed by atoms with Gasteiger partial charge in [-0.15, -0.1) is 11.3 Å². The fourth-order valence-electron chi connectivity index (χ4n) is 1.53. The van der Waals surface area contributed by atoms with Crippen molar-refractivity contribution in [2.24, 2.45) is 0 Å². The Labute approximate surface area is 104 Å². The van der Waals surface area contributed by atoms with Gasteiger partial charge in [-0.3, -0.25) is 4.79 Å². The van der Waals surface area contributed by atoms with Crippen LogP contribution in [0.5, 0.6) is 0 Å². The summed E-state index contributed by atoms with van der Waals surface area (Å²) in [7, 11) is 0. The van der Waals surface area contributed by atoms with Crippen molar-refractivity contribution < 1.29 is 0 Å². The highest BCUT2D eigenvalue weighted by atomic mass is 32.1. The van der Waals surface area contributed by atoms with Crippen LogP contribution < -0.4 is 10.9 Å². The zero-order chi connectivity index (χ0) is 12.1. The second-order valence-electron chi connectivity index (χ2n) is 3.76. The van der Waals surface area contributed by atoms with Crippen molar-refractivity contribution in [1.29, 1.82) is 0 Å². The summed E-state index contributed by atoms with van der Waals surface area (Å²) in [6.45, 7) is 3.60. The lowest BCUT2D eigenvalue weighted by Gasteiger charge is -2.03. The second kappa shape index (κ2) is 5.75. The number of thiophene rings is 1. The molecular weight excluding hydrogens is 234 g/mol. The summed E-state index contributed by atoms with van der Waals surface area (Å²) >= 11 is 1.61. The average Bonchev–Trinajstić information content (AvgIpc) is 2.85. The Morgan fingerprint density at radius 2 is 2.41 bits per heavy atom. The van der Waals surface area contributed by atoms with Gasteiger partial charge >= 0.3 is 0 Å². The summed E-state index contributed by atoms with van der Waals surface area (Å²) in [6.07, 6.45) is 1.06. The highest BCUT2D eigenvalue weighted by Gasteiger charge is 2.05. The largest absolute Gasteiger partial charge is 0.312 e. The third-order valence-electron chi connectivity index (χ3n) is 2.40. The molecule has 0 aliphatic carbocycles. The number of aromatic nitrogens is 2. The molecule has 2 N–H and O–H groups in total. The number of nitrogens with zero attached hydrogens (tertiary/aromatic N) is 1. The molecule has 17 heavy (non-hydrogen) atoms. The normalized spacial score (nSPS) is 10.6. The average molecular weight is 249 g/mol. The summed E-state index contributed by atoms with van der Waals surface area (Å²) < 4.78 is 0. The molecule has 0 saturated carbocycles. The van der Waals surface area contributed by atoms with E-state index in [9.17, 15) is 4.79 Å². The molecule has 0 saturated heterocycles. The van der Waals surface area contributed by atoms with Crippen molar-refractivity contribution in [3.05, 3.63) is 39.5 Å². The Bertz CT molecular complexity index is 519.